The predicted molar refractivity (Wildman–Crippen MR) is 114 cm³/mol. The molecule has 6 heteroatoms. The second-order valence-electron chi connectivity index (χ2n) is 6.42. The van der Waals surface area contributed by atoms with Crippen molar-refractivity contribution in [1.82, 2.24) is 9.97 Å². The van der Waals surface area contributed by atoms with Crippen LogP contribution in [-0.4, -0.2) is 21.1 Å². The van der Waals surface area contributed by atoms with Crippen molar-refractivity contribution in [3.63, 3.8) is 0 Å². The number of benzene rings is 1. The lowest BCUT2D eigenvalue weighted by molar-refractivity contribution is -0.115. The maximum absolute atomic E-state index is 12.4. The Morgan fingerprint density at radius 3 is 2.89 bits per heavy atom. The van der Waals surface area contributed by atoms with Gasteiger partial charge in [-0.3, -0.25) is 9.78 Å². The molecule has 1 atom stereocenters. The normalized spacial score (nSPS) is 12.0. The first-order chi connectivity index (χ1) is 13.0. The summed E-state index contributed by atoms with van der Waals surface area (Å²) in [6.45, 7) is 6.44. The molecule has 3 rings (SSSR count). The molecule has 3 aromatic rings. The zero-order valence-electron chi connectivity index (χ0n) is 15.7. The standard InChI is InChI=1S/C21H23N3OS2/c1-4-15(3)27-18-7-8-19(14(2)10-18)24-20(25)11-17-13-26-21(23-17)16-6-5-9-22-12-16/h5-10,12-13,15H,4,11H2,1-3H3,(H,24,25). The first-order valence-corrected chi connectivity index (χ1v) is 10.7. The van der Waals surface area contributed by atoms with E-state index in [1.165, 1.54) is 16.2 Å². The average molecular weight is 398 g/mol. The number of nitrogens with zero attached hydrogens (tertiary/aromatic N) is 2. The van der Waals surface area contributed by atoms with Crippen LogP contribution in [0.3, 0.4) is 0 Å². The highest BCUT2D eigenvalue weighted by molar-refractivity contribution is 7.99. The molecule has 0 saturated carbocycles. The van der Waals surface area contributed by atoms with Crippen molar-refractivity contribution in [2.24, 2.45) is 0 Å². The lowest BCUT2D eigenvalue weighted by Crippen LogP contribution is -2.15. The van der Waals surface area contributed by atoms with Crippen LogP contribution in [0.15, 0.2) is 53.0 Å². The van der Waals surface area contributed by atoms with Crippen LogP contribution in [-0.2, 0) is 11.2 Å². The van der Waals surface area contributed by atoms with Gasteiger partial charge in [0, 0.05) is 39.2 Å². The first-order valence-electron chi connectivity index (χ1n) is 8.97. The molecule has 0 aliphatic carbocycles. The van der Waals surface area contributed by atoms with Crippen LogP contribution in [0.25, 0.3) is 10.6 Å². The molecule has 27 heavy (non-hydrogen) atoms. The third kappa shape index (κ3) is 5.40. The molecular formula is C21H23N3OS2. The number of hydrogen-bond acceptors (Lipinski definition) is 5. The molecule has 1 amide bonds. The minimum Gasteiger partial charge on any atom is -0.326 e. The van der Waals surface area contributed by atoms with E-state index in [-0.39, 0.29) is 12.3 Å². The Kier molecular flexibility index (Phi) is 6.63. The van der Waals surface area contributed by atoms with Crippen LogP contribution in [0, 0.1) is 6.92 Å². The van der Waals surface area contributed by atoms with Gasteiger partial charge in [-0.1, -0.05) is 13.8 Å². The number of pyridine rings is 1. The summed E-state index contributed by atoms with van der Waals surface area (Å²) in [7, 11) is 0. The van der Waals surface area contributed by atoms with Gasteiger partial charge in [0.05, 0.1) is 12.1 Å². The third-order valence-electron chi connectivity index (χ3n) is 4.19. The summed E-state index contributed by atoms with van der Waals surface area (Å²) in [5, 5.41) is 6.41. The second kappa shape index (κ2) is 9.15. The number of carbonyl (C=O) groups excluding carboxylic acids is 1. The molecule has 0 aliphatic heterocycles. The Hall–Kier alpha value is -2.18. The molecule has 0 spiro atoms. The van der Waals surface area contributed by atoms with Crippen molar-refractivity contribution in [3.8, 4) is 10.6 Å². The Balaban J connectivity index is 1.62. The number of aryl methyl sites for hydroxylation is 1. The van der Waals surface area contributed by atoms with E-state index in [0.717, 1.165) is 33.9 Å². The number of aromatic nitrogens is 2. The maximum atomic E-state index is 12.4. The van der Waals surface area contributed by atoms with E-state index < -0.39 is 0 Å². The quantitative estimate of drug-likeness (QED) is 0.528. The fourth-order valence-corrected chi connectivity index (χ4v) is 4.37. The molecule has 1 unspecified atom stereocenters. The Labute approximate surface area is 168 Å². The summed E-state index contributed by atoms with van der Waals surface area (Å²) < 4.78 is 0. The number of amides is 1. The summed E-state index contributed by atoms with van der Waals surface area (Å²) in [5.74, 6) is -0.0523. The summed E-state index contributed by atoms with van der Waals surface area (Å²) in [6, 6.07) is 10.0. The molecule has 0 radical (unpaired) electrons. The average Bonchev–Trinajstić information content (AvgIpc) is 3.13. The molecule has 1 N–H and O–H groups in total. The lowest BCUT2D eigenvalue weighted by Gasteiger charge is -2.12. The van der Waals surface area contributed by atoms with E-state index >= 15 is 0 Å². The number of nitrogens with one attached hydrogen (secondary N) is 1. The van der Waals surface area contributed by atoms with Crippen molar-refractivity contribution in [2.45, 2.75) is 43.8 Å². The maximum Gasteiger partial charge on any atom is 0.230 e. The highest BCUT2D eigenvalue weighted by Gasteiger charge is 2.11. The summed E-state index contributed by atoms with van der Waals surface area (Å²) in [5.41, 5.74) is 3.68. The Morgan fingerprint density at radius 1 is 1.33 bits per heavy atom. The molecule has 4 nitrogen and oxygen atoms in total. The van der Waals surface area contributed by atoms with Gasteiger partial charge < -0.3 is 5.32 Å². The van der Waals surface area contributed by atoms with Crippen molar-refractivity contribution in [3.05, 3.63) is 59.4 Å². The largest absolute Gasteiger partial charge is 0.326 e. The lowest BCUT2D eigenvalue weighted by atomic mass is 10.2. The molecule has 0 fully saturated rings. The van der Waals surface area contributed by atoms with E-state index in [1.807, 2.05) is 42.3 Å². The van der Waals surface area contributed by atoms with Gasteiger partial charge in [0.15, 0.2) is 0 Å². The van der Waals surface area contributed by atoms with Crippen molar-refractivity contribution in [2.75, 3.05) is 5.32 Å². The molecule has 0 saturated heterocycles. The van der Waals surface area contributed by atoms with E-state index in [0.29, 0.717) is 5.25 Å². The number of hydrogen-bond donors (Lipinski definition) is 1. The van der Waals surface area contributed by atoms with Gasteiger partial charge in [0.25, 0.3) is 0 Å². The van der Waals surface area contributed by atoms with E-state index in [9.17, 15) is 4.79 Å². The molecule has 1 aromatic carbocycles. The number of thioether (sulfide) groups is 1. The summed E-state index contributed by atoms with van der Waals surface area (Å²) in [4.78, 5) is 22.3. The van der Waals surface area contributed by atoms with Crippen LogP contribution in [0.1, 0.15) is 31.5 Å². The fraction of sp³-hybridized carbons (Fsp3) is 0.286. The molecular weight excluding hydrogens is 374 g/mol. The zero-order valence-corrected chi connectivity index (χ0v) is 17.4. The molecule has 0 aliphatic rings. The minimum absolute atomic E-state index is 0.0523. The van der Waals surface area contributed by atoms with Crippen LogP contribution in [0.4, 0.5) is 5.69 Å². The van der Waals surface area contributed by atoms with Crippen LogP contribution < -0.4 is 5.32 Å². The second-order valence-corrected chi connectivity index (χ2v) is 8.79. The van der Waals surface area contributed by atoms with Crippen LogP contribution >= 0.6 is 23.1 Å². The molecule has 2 heterocycles. The molecule has 0 bridgehead atoms. The summed E-state index contributed by atoms with van der Waals surface area (Å²) >= 11 is 3.39. The van der Waals surface area contributed by atoms with Crippen LogP contribution in [0.2, 0.25) is 0 Å². The monoisotopic (exact) mass is 397 g/mol. The number of carbonyl (C=O) groups is 1. The predicted octanol–water partition coefficient (Wildman–Crippen LogP) is 5.59. The molecule has 2 aromatic heterocycles. The number of rotatable bonds is 7. The van der Waals surface area contributed by atoms with Crippen molar-refractivity contribution < 1.29 is 4.79 Å². The fourth-order valence-electron chi connectivity index (χ4n) is 2.53. The van der Waals surface area contributed by atoms with Crippen molar-refractivity contribution in [1.29, 1.82) is 0 Å². The number of anilines is 1. The Bertz CT molecular complexity index is 909. The smallest absolute Gasteiger partial charge is 0.230 e. The van der Waals surface area contributed by atoms with Gasteiger partial charge in [0.1, 0.15) is 5.01 Å². The van der Waals surface area contributed by atoms with E-state index in [1.54, 1.807) is 12.4 Å². The topological polar surface area (TPSA) is 54.9 Å². The van der Waals surface area contributed by atoms with Gasteiger partial charge in [-0.25, -0.2) is 4.98 Å². The van der Waals surface area contributed by atoms with Crippen molar-refractivity contribution >= 4 is 34.7 Å². The van der Waals surface area contributed by atoms with Gasteiger partial charge in [0.2, 0.25) is 5.91 Å². The first kappa shape index (κ1) is 19.6. The van der Waals surface area contributed by atoms with Crippen LogP contribution in [0.5, 0.6) is 0 Å². The zero-order chi connectivity index (χ0) is 19.2. The van der Waals surface area contributed by atoms with Gasteiger partial charge in [-0.15, -0.1) is 23.1 Å². The number of thiazole rings is 1. The SMILES string of the molecule is CCC(C)Sc1ccc(NC(=O)Cc2csc(-c3cccnc3)n2)c(C)c1. The van der Waals surface area contributed by atoms with E-state index in [2.05, 4.69) is 41.3 Å². The molecule has 140 valence electrons. The van der Waals surface area contributed by atoms with E-state index in [4.69, 9.17) is 0 Å². The highest BCUT2D eigenvalue weighted by Crippen LogP contribution is 2.28. The third-order valence-corrected chi connectivity index (χ3v) is 6.39. The van der Waals surface area contributed by atoms with Gasteiger partial charge in [-0.2, -0.15) is 0 Å². The Morgan fingerprint density at radius 2 is 2.19 bits per heavy atom. The highest BCUT2D eigenvalue weighted by atomic mass is 32.2. The van der Waals surface area contributed by atoms with Gasteiger partial charge in [-0.05, 0) is 49.2 Å². The minimum atomic E-state index is -0.0523. The van der Waals surface area contributed by atoms with Gasteiger partial charge >= 0.3 is 0 Å². The summed E-state index contributed by atoms with van der Waals surface area (Å²) in [6.07, 6.45) is 4.92.